The number of nitrogens with zero attached hydrogens (tertiary/aromatic N) is 4. The van der Waals surface area contributed by atoms with Crippen LogP contribution >= 0.6 is 0 Å². The van der Waals surface area contributed by atoms with Crippen LogP contribution < -0.4 is 9.47 Å². The van der Waals surface area contributed by atoms with Crippen LogP contribution in [0.25, 0.3) is 11.0 Å². The Hall–Kier alpha value is -4.15. The van der Waals surface area contributed by atoms with E-state index in [1.807, 2.05) is 24.3 Å². The van der Waals surface area contributed by atoms with E-state index in [1.165, 1.54) is 6.07 Å². The first-order chi connectivity index (χ1) is 21.0. The number of piperidine rings is 1. The lowest BCUT2D eigenvalue weighted by atomic mass is 9.93. The molecular weight excluding hydrogens is 551 g/mol. The molecule has 2 aromatic heterocycles. The molecule has 0 saturated carbocycles. The van der Waals surface area contributed by atoms with Crippen molar-refractivity contribution < 1.29 is 28.2 Å². The number of carbonyl (C=O) groups excluding carboxylic acids is 2. The second kappa shape index (κ2) is 13.0. The van der Waals surface area contributed by atoms with E-state index in [2.05, 4.69) is 9.47 Å². The summed E-state index contributed by atoms with van der Waals surface area (Å²) in [5.74, 6) is 1.68. The highest BCUT2D eigenvalue weighted by molar-refractivity contribution is 5.95. The van der Waals surface area contributed by atoms with E-state index in [-0.39, 0.29) is 18.5 Å². The minimum Gasteiger partial charge on any atom is -0.473 e. The molecule has 2 saturated heterocycles. The second-order valence-corrected chi connectivity index (χ2v) is 11.1. The number of hydrogen-bond donors (Lipinski definition) is 0. The number of carbonyl (C=O) groups is 2. The average Bonchev–Trinajstić information content (AvgIpc) is 3.34. The number of ketones is 1. The van der Waals surface area contributed by atoms with Crippen LogP contribution in [0.15, 0.2) is 54.6 Å². The first-order valence-corrected chi connectivity index (χ1v) is 14.9. The predicted octanol–water partition coefficient (Wildman–Crippen LogP) is 5.45. The largest absolute Gasteiger partial charge is 0.473 e. The number of benzene rings is 2. The van der Waals surface area contributed by atoms with Crippen molar-refractivity contribution in [1.82, 2.24) is 19.4 Å². The lowest BCUT2D eigenvalue weighted by Gasteiger charge is -2.32. The van der Waals surface area contributed by atoms with Crippen molar-refractivity contribution in [2.75, 3.05) is 19.7 Å². The molecule has 4 heterocycles. The minimum absolute atomic E-state index is 0.0387. The van der Waals surface area contributed by atoms with E-state index >= 15 is 0 Å². The van der Waals surface area contributed by atoms with Gasteiger partial charge in [0.1, 0.15) is 24.0 Å². The number of pyridine rings is 1. The Morgan fingerprint density at radius 2 is 1.93 bits per heavy atom. The van der Waals surface area contributed by atoms with Crippen LogP contribution in [-0.2, 0) is 29.2 Å². The summed E-state index contributed by atoms with van der Waals surface area (Å²) in [4.78, 5) is 34.8. The molecule has 0 radical (unpaired) electrons. The van der Waals surface area contributed by atoms with Gasteiger partial charge < -0.3 is 18.8 Å². The van der Waals surface area contributed by atoms with E-state index in [9.17, 15) is 14.0 Å². The molecule has 2 fully saturated rings. The van der Waals surface area contributed by atoms with Crippen LogP contribution in [0.1, 0.15) is 66.0 Å². The summed E-state index contributed by atoms with van der Waals surface area (Å²) in [5.41, 5.74) is 3.53. The van der Waals surface area contributed by atoms with Crippen LogP contribution in [0.5, 0.6) is 11.6 Å². The van der Waals surface area contributed by atoms with Gasteiger partial charge in [0.15, 0.2) is 5.78 Å². The smallest absolute Gasteiger partial charge is 0.298 e. The van der Waals surface area contributed by atoms with Crippen molar-refractivity contribution in [2.45, 2.75) is 64.3 Å². The molecule has 224 valence electrons. The fourth-order valence-corrected chi connectivity index (χ4v) is 5.76. The van der Waals surface area contributed by atoms with Crippen LogP contribution in [0.3, 0.4) is 0 Å². The van der Waals surface area contributed by atoms with Crippen molar-refractivity contribution in [2.24, 2.45) is 0 Å². The standard InChI is InChI=1S/C33H35FN4O5/c1-2-31(40)23-6-7-24(27(34)16-23)20-42-33-5-3-4-28(36-33)22-10-13-37(14-11-22)19-32-35-29-9-8-25(43-21-39)17-30(29)38(32)18-26-12-15-41-26/h3-9,16-17,21-22,26H,2,10-15,18-20H2,1H3/t26-/m0/s1. The lowest BCUT2D eigenvalue weighted by Crippen LogP contribution is -2.35. The molecule has 2 aliphatic rings. The minimum atomic E-state index is -0.452. The monoisotopic (exact) mass is 586 g/mol. The quantitative estimate of drug-likeness (QED) is 0.160. The summed E-state index contributed by atoms with van der Waals surface area (Å²) < 4.78 is 33.4. The van der Waals surface area contributed by atoms with Crippen molar-refractivity contribution in [1.29, 1.82) is 0 Å². The predicted molar refractivity (Wildman–Crippen MR) is 158 cm³/mol. The number of imidazole rings is 1. The molecule has 1 atom stereocenters. The molecule has 6 rings (SSSR count). The van der Waals surface area contributed by atoms with Gasteiger partial charge in [-0.2, -0.15) is 0 Å². The maximum Gasteiger partial charge on any atom is 0.298 e. The molecule has 0 aliphatic carbocycles. The van der Waals surface area contributed by atoms with E-state index in [4.69, 9.17) is 24.2 Å². The average molecular weight is 587 g/mol. The maximum atomic E-state index is 14.5. The Morgan fingerprint density at radius 3 is 2.65 bits per heavy atom. The number of aromatic nitrogens is 3. The normalized spacial score (nSPS) is 17.5. The molecule has 43 heavy (non-hydrogen) atoms. The molecule has 0 bridgehead atoms. The second-order valence-electron chi connectivity index (χ2n) is 11.1. The first kappa shape index (κ1) is 28.9. The Labute approximate surface area is 249 Å². The van der Waals surface area contributed by atoms with Gasteiger partial charge in [0.2, 0.25) is 5.88 Å². The fraction of sp³-hybridized carbons (Fsp3) is 0.394. The zero-order valence-electron chi connectivity index (χ0n) is 24.2. The van der Waals surface area contributed by atoms with Crippen LogP contribution in [0, 0.1) is 5.82 Å². The van der Waals surface area contributed by atoms with Gasteiger partial charge in [-0.15, -0.1) is 0 Å². The van der Waals surface area contributed by atoms with E-state index < -0.39 is 5.82 Å². The number of likely N-dealkylation sites (tertiary alicyclic amines) is 1. The summed E-state index contributed by atoms with van der Waals surface area (Å²) in [6.07, 6.45) is 3.41. The van der Waals surface area contributed by atoms with Crippen molar-refractivity contribution in [3.63, 3.8) is 0 Å². The molecule has 0 spiro atoms. The summed E-state index contributed by atoms with van der Waals surface area (Å²) >= 11 is 0. The molecule has 9 nitrogen and oxygen atoms in total. The third-order valence-corrected chi connectivity index (χ3v) is 8.35. The zero-order chi connectivity index (χ0) is 29.8. The van der Waals surface area contributed by atoms with E-state index in [0.29, 0.717) is 54.7 Å². The van der Waals surface area contributed by atoms with Gasteiger partial charge in [-0.3, -0.25) is 14.5 Å². The van der Waals surface area contributed by atoms with Crippen molar-refractivity contribution in [3.05, 3.63) is 83.1 Å². The molecule has 0 N–H and O–H groups in total. The number of ether oxygens (including phenoxy) is 3. The van der Waals surface area contributed by atoms with Gasteiger partial charge in [-0.1, -0.05) is 25.1 Å². The van der Waals surface area contributed by atoms with Crippen LogP contribution in [-0.4, -0.2) is 57.5 Å². The van der Waals surface area contributed by atoms with E-state index in [1.54, 1.807) is 31.2 Å². The molecule has 0 amide bonds. The number of hydrogen-bond acceptors (Lipinski definition) is 8. The molecule has 10 heteroatoms. The fourth-order valence-electron chi connectivity index (χ4n) is 5.76. The van der Waals surface area contributed by atoms with Gasteiger partial charge in [0, 0.05) is 47.9 Å². The molecule has 2 aliphatic heterocycles. The van der Waals surface area contributed by atoms with Crippen LogP contribution in [0.4, 0.5) is 4.39 Å². The summed E-state index contributed by atoms with van der Waals surface area (Å²) in [7, 11) is 0. The third-order valence-electron chi connectivity index (χ3n) is 8.35. The highest BCUT2D eigenvalue weighted by Gasteiger charge is 2.26. The van der Waals surface area contributed by atoms with Crippen molar-refractivity contribution in [3.8, 4) is 11.6 Å². The third kappa shape index (κ3) is 6.60. The number of Topliss-reactive ketones (excluding diaryl/α,β-unsaturated/α-hetero) is 1. The Balaban J connectivity index is 1.08. The summed E-state index contributed by atoms with van der Waals surface area (Å²) in [5, 5.41) is 0. The molecular formula is C33H35FN4O5. The van der Waals surface area contributed by atoms with Gasteiger partial charge in [-0.25, -0.2) is 14.4 Å². The Bertz CT molecular complexity index is 1610. The SMILES string of the molecule is CCC(=O)c1ccc(COc2cccc(C3CCN(Cc4nc5ccc(OC=O)cc5n4C[C@@H]4CCO4)CC3)n2)c(F)c1. The van der Waals surface area contributed by atoms with E-state index in [0.717, 1.165) is 61.5 Å². The lowest BCUT2D eigenvalue weighted by molar-refractivity contribution is -0.120. The Kier molecular flexibility index (Phi) is 8.76. The Morgan fingerprint density at radius 1 is 1.09 bits per heavy atom. The summed E-state index contributed by atoms with van der Waals surface area (Å²) in [6, 6.07) is 15.8. The van der Waals surface area contributed by atoms with Gasteiger partial charge in [0.25, 0.3) is 6.47 Å². The van der Waals surface area contributed by atoms with Gasteiger partial charge in [0.05, 0.1) is 30.2 Å². The molecule has 0 unspecified atom stereocenters. The van der Waals surface area contributed by atoms with Crippen molar-refractivity contribution >= 4 is 23.3 Å². The zero-order valence-corrected chi connectivity index (χ0v) is 24.2. The first-order valence-electron chi connectivity index (χ1n) is 14.9. The summed E-state index contributed by atoms with van der Waals surface area (Å²) in [6.45, 7) is 6.24. The number of rotatable bonds is 12. The topological polar surface area (TPSA) is 95.8 Å². The van der Waals surface area contributed by atoms with Gasteiger partial charge in [-0.05, 0) is 56.6 Å². The molecule has 2 aromatic carbocycles. The molecule has 4 aromatic rings. The van der Waals surface area contributed by atoms with Gasteiger partial charge >= 0.3 is 0 Å². The highest BCUT2D eigenvalue weighted by atomic mass is 19.1. The number of fused-ring (bicyclic) bond motifs is 1. The highest BCUT2D eigenvalue weighted by Crippen LogP contribution is 2.30. The number of halogens is 1. The maximum absolute atomic E-state index is 14.5. The van der Waals surface area contributed by atoms with Crippen LogP contribution in [0.2, 0.25) is 0 Å².